The van der Waals surface area contributed by atoms with E-state index in [1.54, 1.807) is 28.2 Å². The summed E-state index contributed by atoms with van der Waals surface area (Å²) in [4.78, 5) is 17.9. The minimum Gasteiger partial charge on any atom is -0.379 e. The minimum atomic E-state index is -0.129. The third kappa shape index (κ3) is 3.95. The van der Waals surface area contributed by atoms with E-state index in [0.717, 1.165) is 29.8 Å². The van der Waals surface area contributed by atoms with Crippen LogP contribution in [0.2, 0.25) is 0 Å². The second kappa shape index (κ2) is 7.95. The summed E-state index contributed by atoms with van der Waals surface area (Å²) in [5, 5.41) is 7.34. The molecule has 134 valence electrons. The van der Waals surface area contributed by atoms with Crippen LogP contribution in [0.5, 0.6) is 0 Å². The highest BCUT2D eigenvalue weighted by molar-refractivity contribution is 7.12. The third-order valence-corrected chi connectivity index (χ3v) is 6.56. The molecular weight excluding hydrogens is 356 g/mol. The molecule has 0 bridgehead atoms. The first-order valence-corrected chi connectivity index (χ1v) is 10.6. The van der Waals surface area contributed by atoms with Gasteiger partial charge in [0.15, 0.2) is 0 Å². The number of fused-ring (bicyclic) bond motifs is 1. The number of carbonyl (C=O) groups excluding carboxylic acids is 1. The number of ether oxygens (including phenoxy) is 2. The van der Waals surface area contributed by atoms with Crippen molar-refractivity contribution in [2.75, 3.05) is 13.2 Å². The van der Waals surface area contributed by atoms with Gasteiger partial charge in [-0.2, -0.15) is 0 Å². The van der Waals surface area contributed by atoms with Gasteiger partial charge in [0, 0.05) is 12.0 Å². The lowest BCUT2D eigenvalue weighted by molar-refractivity contribution is -0.0742. The Morgan fingerprint density at radius 3 is 3.16 bits per heavy atom. The van der Waals surface area contributed by atoms with Crippen LogP contribution in [0.25, 0.3) is 0 Å². The maximum Gasteiger partial charge on any atom is 0.261 e. The zero-order valence-electron chi connectivity index (χ0n) is 14.0. The molecule has 0 spiro atoms. The molecule has 2 aliphatic rings. The normalized spacial score (nSPS) is 23.2. The summed E-state index contributed by atoms with van der Waals surface area (Å²) in [6.07, 6.45) is 5.20. The zero-order valence-corrected chi connectivity index (χ0v) is 15.7. The number of rotatable bonds is 5. The number of nitrogens with one attached hydrogen (secondary N) is 1. The Labute approximate surface area is 155 Å². The van der Waals surface area contributed by atoms with Gasteiger partial charge in [-0.3, -0.25) is 4.79 Å². The van der Waals surface area contributed by atoms with Crippen LogP contribution >= 0.6 is 22.7 Å². The van der Waals surface area contributed by atoms with Crippen molar-refractivity contribution in [3.63, 3.8) is 0 Å². The molecule has 1 aliphatic heterocycles. The fourth-order valence-electron chi connectivity index (χ4n) is 3.49. The Morgan fingerprint density at radius 2 is 2.28 bits per heavy atom. The van der Waals surface area contributed by atoms with Crippen molar-refractivity contribution in [2.24, 2.45) is 0 Å². The molecule has 1 N–H and O–H groups in total. The molecule has 1 saturated heterocycles. The van der Waals surface area contributed by atoms with Crippen LogP contribution in [0.1, 0.15) is 45.8 Å². The van der Waals surface area contributed by atoms with Crippen LogP contribution in [-0.2, 0) is 28.9 Å². The van der Waals surface area contributed by atoms with E-state index >= 15 is 0 Å². The number of aryl methyl sites for hydroxylation is 1. The van der Waals surface area contributed by atoms with Gasteiger partial charge in [0.1, 0.15) is 6.10 Å². The average Bonchev–Trinajstić information content (AvgIpc) is 3.30. The Kier molecular flexibility index (Phi) is 5.45. The molecule has 25 heavy (non-hydrogen) atoms. The summed E-state index contributed by atoms with van der Waals surface area (Å²) < 4.78 is 11.5. The van der Waals surface area contributed by atoms with Crippen molar-refractivity contribution in [1.29, 1.82) is 0 Å². The minimum absolute atomic E-state index is 0.0128. The van der Waals surface area contributed by atoms with Crippen molar-refractivity contribution in [1.82, 2.24) is 10.3 Å². The Morgan fingerprint density at radius 1 is 1.36 bits per heavy atom. The first-order valence-electron chi connectivity index (χ1n) is 8.78. The maximum absolute atomic E-state index is 12.8. The van der Waals surface area contributed by atoms with Gasteiger partial charge in [-0.05, 0) is 48.6 Å². The van der Waals surface area contributed by atoms with Gasteiger partial charge >= 0.3 is 0 Å². The fourth-order valence-corrected chi connectivity index (χ4v) is 5.09. The molecule has 4 rings (SSSR count). The van der Waals surface area contributed by atoms with E-state index in [2.05, 4.69) is 15.7 Å². The molecule has 2 aromatic heterocycles. The van der Waals surface area contributed by atoms with E-state index in [1.165, 1.54) is 24.0 Å². The highest BCUT2D eigenvalue weighted by atomic mass is 32.1. The molecule has 5 nitrogen and oxygen atoms in total. The van der Waals surface area contributed by atoms with Gasteiger partial charge in [-0.15, -0.1) is 22.7 Å². The van der Waals surface area contributed by atoms with Crippen LogP contribution in [-0.4, -0.2) is 36.3 Å². The van der Waals surface area contributed by atoms with Crippen LogP contribution in [0.3, 0.4) is 0 Å². The molecule has 2 atom stereocenters. The number of carbonyl (C=O) groups is 1. The number of hydrogen-bond acceptors (Lipinski definition) is 6. The van der Waals surface area contributed by atoms with E-state index in [-0.39, 0.29) is 18.1 Å². The summed E-state index contributed by atoms with van der Waals surface area (Å²) in [6, 6.07) is -0.0128. The molecule has 1 fully saturated rings. The number of nitrogens with zero attached hydrogens (tertiary/aromatic N) is 1. The highest BCUT2D eigenvalue weighted by Crippen LogP contribution is 2.30. The van der Waals surface area contributed by atoms with E-state index < -0.39 is 0 Å². The molecule has 0 aromatic carbocycles. The molecule has 7 heteroatoms. The van der Waals surface area contributed by atoms with E-state index in [1.807, 2.05) is 5.38 Å². The summed E-state index contributed by atoms with van der Waals surface area (Å²) in [6.45, 7) is 1.62. The molecule has 0 saturated carbocycles. The molecule has 2 aromatic rings. The van der Waals surface area contributed by atoms with Crippen molar-refractivity contribution >= 4 is 28.6 Å². The summed E-state index contributed by atoms with van der Waals surface area (Å²) in [7, 11) is 0. The Bertz CT molecular complexity index is 714. The molecule has 3 heterocycles. The van der Waals surface area contributed by atoms with Crippen LogP contribution in [0, 0.1) is 0 Å². The summed E-state index contributed by atoms with van der Waals surface area (Å²) >= 11 is 3.14. The number of hydrogen-bond donors (Lipinski definition) is 1. The first-order chi connectivity index (χ1) is 12.3. The molecule has 0 unspecified atom stereocenters. The monoisotopic (exact) mass is 378 g/mol. The van der Waals surface area contributed by atoms with Crippen molar-refractivity contribution in [3.05, 3.63) is 38.0 Å². The number of amides is 1. The van der Waals surface area contributed by atoms with Gasteiger partial charge in [0.05, 0.1) is 35.3 Å². The molecule has 1 aliphatic carbocycles. The third-order valence-electron chi connectivity index (χ3n) is 4.86. The van der Waals surface area contributed by atoms with Crippen molar-refractivity contribution < 1.29 is 14.3 Å². The maximum atomic E-state index is 12.8. The van der Waals surface area contributed by atoms with Crippen molar-refractivity contribution in [3.8, 4) is 0 Å². The first kappa shape index (κ1) is 17.1. The Hall–Kier alpha value is -1.28. The smallest absolute Gasteiger partial charge is 0.261 e. The summed E-state index contributed by atoms with van der Waals surface area (Å²) in [5.74, 6) is 0.0438. The molecule has 1 amide bonds. The molecule has 0 radical (unpaired) electrons. The highest BCUT2D eigenvalue weighted by Gasteiger charge is 2.30. The van der Waals surface area contributed by atoms with Gasteiger partial charge in [0.2, 0.25) is 0 Å². The van der Waals surface area contributed by atoms with Crippen molar-refractivity contribution in [2.45, 2.75) is 50.9 Å². The second-order valence-electron chi connectivity index (χ2n) is 6.55. The van der Waals surface area contributed by atoms with Gasteiger partial charge in [-0.1, -0.05) is 0 Å². The zero-order chi connectivity index (χ0) is 17.1. The largest absolute Gasteiger partial charge is 0.379 e. The van der Waals surface area contributed by atoms with Gasteiger partial charge < -0.3 is 14.8 Å². The number of thiazole rings is 1. The number of thiophene rings is 1. The standard InChI is InChI=1S/C18H22N2O3S2/c21-18(17-14-4-2-1-3-12(14)9-25-17)20-15-5-6-22-8-16(15)23-7-13-10-24-11-19-13/h9-11,15-16H,1-8H2,(H,20,21)/t15-,16-/m1/s1. The lowest BCUT2D eigenvalue weighted by Crippen LogP contribution is -2.50. The van der Waals surface area contributed by atoms with Crippen LogP contribution in [0.15, 0.2) is 16.3 Å². The number of aromatic nitrogens is 1. The van der Waals surface area contributed by atoms with Crippen LogP contribution < -0.4 is 5.32 Å². The topological polar surface area (TPSA) is 60.5 Å². The van der Waals surface area contributed by atoms with E-state index in [0.29, 0.717) is 19.8 Å². The SMILES string of the molecule is O=C(N[C@@H]1CCOC[C@H]1OCc1cscn1)c1scc2c1CCCC2. The average molecular weight is 379 g/mol. The van der Waals surface area contributed by atoms with Crippen LogP contribution in [0.4, 0.5) is 0 Å². The molecular formula is C18H22N2O3S2. The predicted molar refractivity (Wildman–Crippen MR) is 98.3 cm³/mol. The Balaban J connectivity index is 1.40. The summed E-state index contributed by atoms with van der Waals surface area (Å²) in [5.41, 5.74) is 5.35. The van der Waals surface area contributed by atoms with E-state index in [4.69, 9.17) is 9.47 Å². The fraction of sp³-hybridized carbons (Fsp3) is 0.556. The van der Waals surface area contributed by atoms with E-state index in [9.17, 15) is 4.79 Å². The lowest BCUT2D eigenvalue weighted by Gasteiger charge is -2.32. The lowest BCUT2D eigenvalue weighted by atomic mass is 9.93. The van der Waals surface area contributed by atoms with Gasteiger partial charge in [0.25, 0.3) is 5.91 Å². The predicted octanol–water partition coefficient (Wildman–Crippen LogP) is 3.19. The second-order valence-corrected chi connectivity index (χ2v) is 8.15. The van der Waals surface area contributed by atoms with Gasteiger partial charge in [-0.25, -0.2) is 4.98 Å². The quantitative estimate of drug-likeness (QED) is 0.868.